The van der Waals surface area contributed by atoms with Crippen molar-refractivity contribution in [3.05, 3.63) is 30.1 Å². The molecule has 1 atom stereocenters. The van der Waals surface area contributed by atoms with E-state index in [1.165, 1.54) is 4.68 Å². The zero-order chi connectivity index (χ0) is 13.8. The normalized spacial score (nSPS) is 12.3. The van der Waals surface area contributed by atoms with Gasteiger partial charge < -0.3 is 10.2 Å². The quantitative estimate of drug-likeness (QED) is 0.826. The molecule has 0 fully saturated rings. The van der Waals surface area contributed by atoms with Crippen molar-refractivity contribution < 1.29 is 15.0 Å². The van der Waals surface area contributed by atoms with E-state index in [0.717, 1.165) is 0 Å². The van der Waals surface area contributed by atoms with Crippen LogP contribution in [-0.2, 0) is 6.54 Å². The van der Waals surface area contributed by atoms with Gasteiger partial charge in [-0.1, -0.05) is 11.3 Å². The third kappa shape index (κ3) is 2.94. The molecule has 0 aliphatic rings. The van der Waals surface area contributed by atoms with Crippen LogP contribution < -0.4 is 0 Å². The highest BCUT2D eigenvalue weighted by atomic mass is 16.4. The molecule has 0 bridgehead atoms. The van der Waals surface area contributed by atoms with E-state index in [2.05, 4.69) is 15.3 Å². The Balaban J connectivity index is 2.42. The Labute approximate surface area is 109 Å². The van der Waals surface area contributed by atoms with Crippen molar-refractivity contribution in [3.8, 4) is 11.4 Å². The number of aliphatic hydroxyl groups is 1. The number of aromatic nitrogens is 4. The summed E-state index contributed by atoms with van der Waals surface area (Å²) in [5.41, 5.74) is 0.716. The van der Waals surface area contributed by atoms with Gasteiger partial charge in [-0.3, -0.25) is 4.98 Å². The van der Waals surface area contributed by atoms with E-state index in [9.17, 15) is 9.90 Å². The zero-order valence-electron chi connectivity index (χ0n) is 10.4. The van der Waals surface area contributed by atoms with Crippen molar-refractivity contribution in [2.24, 2.45) is 0 Å². The van der Waals surface area contributed by atoms with Crippen LogP contribution in [0.15, 0.2) is 24.4 Å². The summed E-state index contributed by atoms with van der Waals surface area (Å²) in [6.07, 6.45) is 1.55. The second-order valence-electron chi connectivity index (χ2n) is 4.17. The van der Waals surface area contributed by atoms with Crippen molar-refractivity contribution in [2.45, 2.75) is 26.0 Å². The minimum atomic E-state index is -1.15. The van der Waals surface area contributed by atoms with E-state index in [-0.39, 0.29) is 5.69 Å². The predicted molar refractivity (Wildman–Crippen MR) is 66.5 cm³/mol. The summed E-state index contributed by atoms with van der Waals surface area (Å²) >= 11 is 0. The fourth-order valence-corrected chi connectivity index (χ4v) is 1.68. The molecule has 0 aliphatic carbocycles. The minimum Gasteiger partial charge on any atom is -0.476 e. The van der Waals surface area contributed by atoms with Gasteiger partial charge in [-0.05, 0) is 25.5 Å². The first-order valence-corrected chi connectivity index (χ1v) is 5.86. The number of aryl methyl sites for hydroxylation is 1. The van der Waals surface area contributed by atoms with Crippen molar-refractivity contribution >= 4 is 5.97 Å². The average Bonchev–Trinajstić information content (AvgIpc) is 2.81. The summed E-state index contributed by atoms with van der Waals surface area (Å²) in [7, 11) is 0. The van der Waals surface area contributed by atoms with Crippen molar-refractivity contribution in [2.75, 3.05) is 0 Å². The molecule has 0 spiro atoms. The lowest BCUT2D eigenvalue weighted by Gasteiger charge is -2.07. The highest BCUT2D eigenvalue weighted by molar-refractivity contribution is 5.92. The number of carboxylic acid groups (broad SMARTS) is 1. The summed E-state index contributed by atoms with van der Waals surface area (Å²) < 4.78 is 1.46. The maximum atomic E-state index is 11.2. The molecule has 2 rings (SSSR count). The summed E-state index contributed by atoms with van der Waals surface area (Å²) in [6, 6.07) is 5.21. The summed E-state index contributed by atoms with van der Waals surface area (Å²) in [5.74, 6) is -1.15. The smallest absolute Gasteiger partial charge is 0.358 e. The van der Waals surface area contributed by atoms with E-state index < -0.39 is 12.1 Å². The molecule has 0 saturated heterocycles. The third-order valence-electron chi connectivity index (χ3n) is 2.60. The van der Waals surface area contributed by atoms with E-state index in [1.54, 1.807) is 31.3 Å². The topological polar surface area (TPSA) is 101 Å². The van der Waals surface area contributed by atoms with Gasteiger partial charge in [-0.2, -0.15) is 0 Å². The number of carbonyl (C=O) groups is 1. The molecule has 1 unspecified atom stereocenters. The molecule has 2 N–H and O–H groups in total. The molecule has 2 aromatic rings. The standard InChI is InChI=1S/C12H14N4O3/c1-8(17)5-7-16-11(9-4-2-3-6-13-9)10(12(18)19)14-15-16/h2-4,6,8,17H,5,7H2,1H3,(H,18,19). The largest absolute Gasteiger partial charge is 0.476 e. The number of carboxylic acids is 1. The molecule has 2 aromatic heterocycles. The first-order chi connectivity index (χ1) is 9.09. The zero-order valence-corrected chi connectivity index (χ0v) is 10.4. The van der Waals surface area contributed by atoms with Gasteiger partial charge in [0.05, 0.1) is 11.8 Å². The fraction of sp³-hybridized carbons (Fsp3) is 0.333. The molecule has 0 saturated carbocycles. The molecule has 7 heteroatoms. The van der Waals surface area contributed by atoms with E-state index >= 15 is 0 Å². The maximum Gasteiger partial charge on any atom is 0.358 e. The molecule has 100 valence electrons. The first-order valence-electron chi connectivity index (χ1n) is 5.86. The van der Waals surface area contributed by atoms with Gasteiger partial charge in [0, 0.05) is 12.7 Å². The molecule has 0 radical (unpaired) electrons. The van der Waals surface area contributed by atoms with Crippen molar-refractivity contribution in [1.29, 1.82) is 0 Å². The van der Waals surface area contributed by atoms with Crippen LogP contribution in [0.25, 0.3) is 11.4 Å². The Hall–Kier alpha value is -2.28. The number of hydrogen-bond donors (Lipinski definition) is 2. The Morgan fingerprint density at radius 1 is 1.47 bits per heavy atom. The maximum absolute atomic E-state index is 11.2. The lowest BCUT2D eigenvalue weighted by molar-refractivity contribution is 0.0691. The SMILES string of the molecule is CC(O)CCn1nnc(C(=O)O)c1-c1ccccn1. The molecular formula is C12H14N4O3. The molecular weight excluding hydrogens is 248 g/mol. The number of pyridine rings is 1. The Kier molecular flexibility index (Phi) is 3.86. The van der Waals surface area contributed by atoms with Crippen LogP contribution >= 0.6 is 0 Å². The van der Waals surface area contributed by atoms with Gasteiger partial charge in [-0.25, -0.2) is 9.48 Å². The van der Waals surface area contributed by atoms with Gasteiger partial charge >= 0.3 is 5.97 Å². The van der Waals surface area contributed by atoms with Crippen LogP contribution in [0, 0.1) is 0 Å². The van der Waals surface area contributed by atoms with Crippen molar-refractivity contribution in [1.82, 2.24) is 20.0 Å². The van der Waals surface area contributed by atoms with E-state index in [0.29, 0.717) is 24.4 Å². The van der Waals surface area contributed by atoms with E-state index in [4.69, 9.17) is 5.11 Å². The van der Waals surface area contributed by atoms with Crippen LogP contribution in [0.3, 0.4) is 0 Å². The average molecular weight is 262 g/mol. The third-order valence-corrected chi connectivity index (χ3v) is 2.60. The van der Waals surface area contributed by atoms with E-state index in [1.807, 2.05) is 0 Å². The summed E-state index contributed by atoms with van der Waals surface area (Å²) in [5, 5.41) is 25.9. The molecule has 7 nitrogen and oxygen atoms in total. The number of nitrogens with zero attached hydrogens (tertiary/aromatic N) is 4. The van der Waals surface area contributed by atoms with Crippen LogP contribution in [0.5, 0.6) is 0 Å². The second kappa shape index (κ2) is 5.57. The first kappa shape index (κ1) is 13.2. The Morgan fingerprint density at radius 3 is 2.84 bits per heavy atom. The van der Waals surface area contributed by atoms with Gasteiger partial charge in [0.25, 0.3) is 0 Å². The minimum absolute atomic E-state index is 0.135. The van der Waals surface area contributed by atoms with Gasteiger partial charge in [0.15, 0.2) is 5.69 Å². The van der Waals surface area contributed by atoms with Crippen LogP contribution in [0.4, 0.5) is 0 Å². The highest BCUT2D eigenvalue weighted by Gasteiger charge is 2.21. The van der Waals surface area contributed by atoms with Crippen LogP contribution in [0.2, 0.25) is 0 Å². The van der Waals surface area contributed by atoms with Gasteiger partial charge in [-0.15, -0.1) is 5.10 Å². The fourth-order valence-electron chi connectivity index (χ4n) is 1.68. The molecule has 19 heavy (non-hydrogen) atoms. The van der Waals surface area contributed by atoms with Crippen LogP contribution in [-0.4, -0.2) is 42.3 Å². The number of rotatable bonds is 5. The van der Waals surface area contributed by atoms with Crippen molar-refractivity contribution in [3.63, 3.8) is 0 Å². The Morgan fingerprint density at radius 2 is 2.26 bits per heavy atom. The van der Waals surface area contributed by atoms with Crippen LogP contribution in [0.1, 0.15) is 23.8 Å². The number of aliphatic hydroxyl groups excluding tert-OH is 1. The van der Waals surface area contributed by atoms with Gasteiger partial charge in [0.1, 0.15) is 5.69 Å². The lowest BCUT2D eigenvalue weighted by atomic mass is 10.2. The number of aromatic carboxylic acids is 1. The summed E-state index contributed by atoms with van der Waals surface area (Å²) in [4.78, 5) is 15.3. The molecule has 0 aliphatic heterocycles. The molecule has 2 heterocycles. The molecule has 0 aromatic carbocycles. The predicted octanol–water partition coefficient (Wildman–Crippen LogP) is 0.809. The monoisotopic (exact) mass is 262 g/mol. The lowest BCUT2D eigenvalue weighted by Crippen LogP contribution is -2.10. The van der Waals surface area contributed by atoms with Gasteiger partial charge in [0.2, 0.25) is 0 Å². The second-order valence-corrected chi connectivity index (χ2v) is 4.17. The summed E-state index contributed by atoms with van der Waals surface area (Å²) in [6.45, 7) is 2.04. The highest BCUT2D eigenvalue weighted by Crippen LogP contribution is 2.20. The number of hydrogen-bond acceptors (Lipinski definition) is 5. The Bertz CT molecular complexity index is 566. The molecule has 0 amide bonds.